The van der Waals surface area contributed by atoms with Crippen molar-refractivity contribution in [1.82, 2.24) is 0 Å². The summed E-state index contributed by atoms with van der Waals surface area (Å²) in [6.07, 6.45) is 9.26. The summed E-state index contributed by atoms with van der Waals surface area (Å²) in [5.41, 5.74) is 3.00. The lowest BCUT2D eigenvalue weighted by Gasteiger charge is -2.56. The fourth-order valence-electron chi connectivity index (χ4n) is 8.33. The molecule has 1 spiro atoms. The molecule has 1 unspecified atom stereocenters. The minimum atomic E-state index is -2.88. The second kappa shape index (κ2) is 6.36. The molecule has 3 heteroatoms. The Kier molecular flexibility index (Phi) is 3.25. The van der Waals surface area contributed by atoms with Crippen molar-refractivity contribution < 1.29 is 21.4 Å². The fourth-order valence-corrected chi connectivity index (χ4v) is 8.33. The molecule has 170 valence electrons. The Morgan fingerprint density at radius 2 is 1.97 bits per heavy atom. The van der Waals surface area contributed by atoms with Gasteiger partial charge >= 0.3 is 0 Å². The fraction of sp³-hybridized carbons (Fsp3) is 0.786. The Bertz CT molecular complexity index is 1060. The maximum atomic E-state index is 11.4. The van der Waals surface area contributed by atoms with Crippen LogP contribution in [0.3, 0.4) is 0 Å². The van der Waals surface area contributed by atoms with Crippen molar-refractivity contribution >= 4 is 0 Å². The van der Waals surface area contributed by atoms with Crippen LogP contribution in [0.1, 0.15) is 92.2 Å². The normalized spacial score (nSPS) is 48.5. The average Bonchev–Trinajstić information content (AvgIpc) is 3.24. The maximum absolute atomic E-state index is 11.4. The number of fused-ring (bicyclic) bond motifs is 2. The SMILES string of the molecule is [3H]C([3H])([3H])C([3H])([3H])C(O)[C@]12C=C[C@@]3(CC1)[C@@H]1CCC4=C(CCC5(C4)OCC(C)(C)CO5)C1=CC[C@]23C. The number of rotatable bonds is 2. The zero-order valence-electron chi connectivity index (χ0n) is 24.2. The summed E-state index contributed by atoms with van der Waals surface area (Å²) < 4.78 is 52.8. The first-order valence-corrected chi connectivity index (χ1v) is 12.2. The van der Waals surface area contributed by atoms with Crippen molar-refractivity contribution in [2.75, 3.05) is 13.2 Å². The minimum absolute atomic E-state index is 0.0522. The number of allylic oxidation sites excluding steroid dienone is 4. The molecule has 3 nitrogen and oxygen atoms in total. The highest BCUT2D eigenvalue weighted by molar-refractivity contribution is 5.50. The van der Waals surface area contributed by atoms with Gasteiger partial charge < -0.3 is 14.6 Å². The highest BCUT2D eigenvalue weighted by Gasteiger charge is 2.71. The molecule has 0 radical (unpaired) electrons. The Hall–Kier alpha value is -0.900. The van der Waals surface area contributed by atoms with E-state index in [1.54, 1.807) is 0 Å². The zero-order chi connectivity index (χ0) is 26.0. The van der Waals surface area contributed by atoms with E-state index in [1.165, 1.54) is 16.7 Å². The molecular weight excluding hydrogens is 384 g/mol. The lowest BCUT2D eigenvalue weighted by atomic mass is 9.48. The van der Waals surface area contributed by atoms with Crippen LogP contribution in [0.4, 0.5) is 0 Å². The van der Waals surface area contributed by atoms with Gasteiger partial charge in [0.2, 0.25) is 0 Å². The summed E-state index contributed by atoms with van der Waals surface area (Å²) >= 11 is 0. The van der Waals surface area contributed by atoms with Crippen molar-refractivity contribution in [2.24, 2.45) is 27.6 Å². The van der Waals surface area contributed by atoms with E-state index in [2.05, 4.69) is 32.9 Å². The van der Waals surface area contributed by atoms with E-state index in [0.29, 0.717) is 12.3 Å². The first-order valence-electron chi connectivity index (χ1n) is 14.7. The van der Waals surface area contributed by atoms with Gasteiger partial charge in [0.1, 0.15) is 0 Å². The van der Waals surface area contributed by atoms with Crippen LogP contribution in [0.25, 0.3) is 0 Å². The summed E-state index contributed by atoms with van der Waals surface area (Å²) in [7, 11) is 0. The van der Waals surface area contributed by atoms with Gasteiger partial charge in [-0.15, -0.1) is 0 Å². The summed E-state index contributed by atoms with van der Waals surface area (Å²) in [6, 6.07) is 0. The Labute approximate surface area is 195 Å². The molecule has 0 aromatic heterocycles. The molecule has 1 saturated heterocycles. The molecule has 2 bridgehead atoms. The van der Waals surface area contributed by atoms with Gasteiger partial charge in [0.15, 0.2) is 5.79 Å². The third-order valence-corrected chi connectivity index (χ3v) is 10.2. The van der Waals surface area contributed by atoms with E-state index >= 15 is 0 Å². The van der Waals surface area contributed by atoms with Crippen LogP contribution in [-0.4, -0.2) is 30.2 Å². The van der Waals surface area contributed by atoms with Crippen molar-refractivity contribution in [3.63, 3.8) is 0 Å². The lowest BCUT2D eigenvalue weighted by molar-refractivity contribution is -0.302. The van der Waals surface area contributed by atoms with Gasteiger partial charge in [-0.1, -0.05) is 51.4 Å². The van der Waals surface area contributed by atoms with Gasteiger partial charge in [0, 0.05) is 35.9 Å². The van der Waals surface area contributed by atoms with E-state index in [9.17, 15) is 5.11 Å². The monoisotopic (exact) mass is 434 g/mol. The molecular formula is C28H40O3. The standard InChI is InChI=1S/C28H40O3/c1-5-23(29)27-14-12-26(13-15-27)22-7-6-19-16-28(30-17-24(2,3)18-31-28)11-9-20(19)21(22)8-10-25(26,27)4/h8,12,14,22-23,29H,5-7,9-11,13,15-18H2,1-4H3/t22-,23?,25+,26-,27+/m1/s1/i1T3,5T2. The second-order valence-corrected chi connectivity index (χ2v) is 12.2. The Morgan fingerprint density at radius 1 is 1.16 bits per heavy atom. The number of aliphatic hydroxyl groups is 1. The van der Waals surface area contributed by atoms with E-state index < -0.39 is 35.9 Å². The van der Waals surface area contributed by atoms with Crippen LogP contribution < -0.4 is 0 Å². The second-order valence-electron chi connectivity index (χ2n) is 12.2. The lowest BCUT2D eigenvalue weighted by Crippen LogP contribution is -2.52. The summed E-state index contributed by atoms with van der Waals surface area (Å²) in [5.74, 6) is -0.160. The first kappa shape index (κ1) is 15.9. The van der Waals surface area contributed by atoms with E-state index in [0.717, 1.165) is 58.2 Å². The van der Waals surface area contributed by atoms with E-state index in [1.807, 2.05) is 6.08 Å². The van der Waals surface area contributed by atoms with Crippen LogP contribution in [0.15, 0.2) is 34.9 Å². The van der Waals surface area contributed by atoms with Crippen LogP contribution in [0.5, 0.6) is 0 Å². The molecule has 6 rings (SSSR count). The van der Waals surface area contributed by atoms with Crippen LogP contribution in [0, 0.1) is 27.6 Å². The third-order valence-electron chi connectivity index (χ3n) is 10.2. The Morgan fingerprint density at radius 3 is 2.68 bits per heavy atom. The van der Waals surface area contributed by atoms with Gasteiger partial charge in [0.25, 0.3) is 0 Å². The van der Waals surface area contributed by atoms with Crippen LogP contribution in [0.2, 0.25) is 0 Å². The molecule has 1 aliphatic heterocycles. The number of aliphatic hydroxyl groups excluding tert-OH is 1. The largest absolute Gasteiger partial charge is 0.392 e. The molecule has 1 saturated carbocycles. The van der Waals surface area contributed by atoms with Gasteiger partial charge in [0.05, 0.1) is 19.3 Å². The van der Waals surface area contributed by atoms with Crippen LogP contribution >= 0.6 is 0 Å². The van der Waals surface area contributed by atoms with Gasteiger partial charge in [-0.25, -0.2) is 0 Å². The molecule has 6 aliphatic rings. The highest BCUT2D eigenvalue weighted by Crippen LogP contribution is 2.77. The number of ether oxygens (including phenoxy) is 2. The molecule has 1 N–H and O–H groups in total. The summed E-state index contributed by atoms with van der Waals surface area (Å²) in [5, 5.41) is 11.4. The minimum Gasteiger partial charge on any atom is -0.392 e. The molecule has 1 heterocycles. The molecule has 2 fully saturated rings. The number of hydrogen-bond acceptors (Lipinski definition) is 3. The first-order chi connectivity index (χ1) is 16.6. The number of hydrogen-bond donors (Lipinski definition) is 1. The average molecular weight is 435 g/mol. The smallest absolute Gasteiger partial charge is 0.172 e. The van der Waals surface area contributed by atoms with Crippen molar-refractivity contribution in [3.8, 4) is 0 Å². The summed E-state index contributed by atoms with van der Waals surface area (Å²) in [4.78, 5) is 0. The quantitative estimate of drug-likeness (QED) is 0.535. The molecule has 31 heavy (non-hydrogen) atoms. The summed E-state index contributed by atoms with van der Waals surface area (Å²) in [6.45, 7) is 5.11. The molecule has 0 aromatic carbocycles. The van der Waals surface area contributed by atoms with Gasteiger partial charge in [-0.3, -0.25) is 0 Å². The van der Waals surface area contributed by atoms with Crippen LogP contribution in [-0.2, 0) is 9.47 Å². The highest BCUT2D eigenvalue weighted by atomic mass is 16.7. The predicted molar refractivity (Wildman–Crippen MR) is 122 cm³/mol. The Balaban J connectivity index is 1.33. The van der Waals surface area contributed by atoms with Gasteiger partial charge in [-0.2, -0.15) is 0 Å². The van der Waals surface area contributed by atoms with Crippen molar-refractivity contribution in [2.45, 2.75) is 97.3 Å². The topological polar surface area (TPSA) is 38.7 Å². The molecule has 5 atom stereocenters. The third kappa shape index (κ3) is 2.47. The molecule has 0 aromatic rings. The van der Waals surface area contributed by atoms with Crippen molar-refractivity contribution in [1.29, 1.82) is 0 Å². The molecule has 0 amide bonds. The van der Waals surface area contributed by atoms with E-state index in [4.69, 9.17) is 16.3 Å². The predicted octanol–water partition coefficient (Wildman–Crippen LogP) is 6.09. The van der Waals surface area contributed by atoms with Gasteiger partial charge in [-0.05, 0) is 67.4 Å². The van der Waals surface area contributed by atoms with E-state index in [-0.39, 0.29) is 10.8 Å². The zero-order valence-corrected chi connectivity index (χ0v) is 19.2. The van der Waals surface area contributed by atoms with Crippen molar-refractivity contribution in [3.05, 3.63) is 34.9 Å². The molecule has 5 aliphatic carbocycles. The maximum Gasteiger partial charge on any atom is 0.172 e.